The van der Waals surface area contributed by atoms with Crippen LogP contribution in [0.2, 0.25) is 0 Å². The molecule has 1 rings (SSSR count). The third-order valence-corrected chi connectivity index (χ3v) is 2.60. The van der Waals surface area contributed by atoms with E-state index in [0.717, 1.165) is 13.1 Å². The molecule has 1 fully saturated rings. The summed E-state index contributed by atoms with van der Waals surface area (Å²) >= 11 is 0. The van der Waals surface area contributed by atoms with Gasteiger partial charge in [-0.05, 0) is 13.8 Å². The van der Waals surface area contributed by atoms with Crippen LogP contribution in [-0.4, -0.2) is 36.0 Å². The van der Waals surface area contributed by atoms with Crippen molar-refractivity contribution < 1.29 is 4.79 Å². The van der Waals surface area contributed by atoms with Crippen LogP contribution < -0.4 is 5.32 Å². The quantitative estimate of drug-likeness (QED) is 0.653. The Morgan fingerprint density at radius 2 is 2.07 bits per heavy atom. The summed E-state index contributed by atoms with van der Waals surface area (Å²) in [6.45, 7) is 5.89. The molecule has 0 spiro atoms. The van der Waals surface area contributed by atoms with Crippen LogP contribution in [0.4, 0.5) is 0 Å². The number of piperazine rings is 1. The summed E-state index contributed by atoms with van der Waals surface area (Å²) in [6.07, 6.45) is 6.16. The molecule has 1 aliphatic heterocycles. The van der Waals surface area contributed by atoms with Gasteiger partial charge in [0.15, 0.2) is 0 Å². The maximum absolute atomic E-state index is 11.8. The number of carbonyl (C=O) groups is 1. The second kappa shape index (κ2) is 5.02. The van der Waals surface area contributed by atoms with E-state index in [1.54, 1.807) is 0 Å². The van der Waals surface area contributed by atoms with Gasteiger partial charge in [0.1, 0.15) is 0 Å². The van der Waals surface area contributed by atoms with Crippen LogP contribution in [0, 0.1) is 12.3 Å². The van der Waals surface area contributed by atoms with Crippen LogP contribution in [0.25, 0.3) is 0 Å². The first kappa shape index (κ1) is 11.1. The zero-order valence-electron chi connectivity index (χ0n) is 8.92. The molecule has 1 amide bonds. The van der Waals surface area contributed by atoms with E-state index >= 15 is 0 Å². The Hall–Kier alpha value is -1.01. The highest BCUT2D eigenvalue weighted by molar-refractivity contribution is 5.77. The molecule has 0 aromatic heterocycles. The molecule has 78 valence electrons. The van der Waals surface area contributed by atoms with Crippen LogP contribution in [0.15, 0.2) is 0 Å². The fourth-order valence-electron chi connectivity index (χ4n) is 1.93. The van der Waals surface area contributed by atoms with Crippen molar-refractivity contribution in [1.82, 2.24) is 10.2 Å². The molecule has 1 N–H and O–H groups in total. The molecular weight excluding hydrogens is 176 g/mol. The van der Waals surface area contributed by atoms with Gasteiger partial charge in [0, 0.05) is 38.0 Å². The Kier molecular flexibility index (Phi) is 3.97. The summed E-state index contributed by atoms with van der Waals surface area (Å²) in [7, 11) is 0. The maximum atomic E-state index is 11.8. The molecule has 0 unspecified atom stereocenters. The Morgan fingerprint density at radius 1 is 1.50 bits per heavy atom. The zero-order valence-corrected chi connectivity index (χ0v) is 8.92. The summed E-state index contributed by atoms with van der Waals surface area (Å²) in [5.41, 5.74) is 0. The molecular formula is C11H18N2O. The third kappa shape index (κ3) is 2.49. The fourth-order valence-corrected chi connectivity index (χ4v) is 1.93. The lowest BCUT2D eigenvalue weighted by molar-refractivity contribution is -0.136. The molecule has 0 aromatic carbocycles. The van der Waals surface area contributed by atoms with E-state index in [0.29, 0.717) is 12.8 Å². The number of hydrogen-bond donors (Lipinski definition) is 1. The van der Waals surface area contributed by atoms with Gasteiger partial charge in [-0.1, -0.05) is 0 Å². The third-order valence-electron chi connectivity index (χ3n) is 2.60. The predicted molar refractivity (Wildman–Crippen MR) is 56.7 cm³/mol. The van der Waals surface area contributed by atoms with Gasteiger partial charge in [0.2, 0.25) is 5.91 Å². The van der Waals surface area contributed by atoms with Gasteiger partial charge < -0.3 is 10.2 Å². The van der Waals surface area contributed by atoms with Crippen LogP contribution in [0.5, 0.6) is 0 Å². The van der Waals surface area contributed by atoms with Gasteiger partial charge in [-0.25, -0.2) is 0 Å². The van der Waals surface area contributed by atoms with Crippen molar-refractivity contribution in [2.75, 3.05) is 13.1 Å². The molecule has 1 heterocycles. The molecule has 3 nitrogen and oxygen atoms in total. The average molecular weight is 194 g/mol. The number of carbonyl (C=O) groups excluding carboxylic acids is 1. The molecule has 2 atom stereocenters. The normalized spacial score (nSPS) is 27.1. The molecule has 0 bridgehead atoms. The van der Waals surface area contributed by atoms with Crippen molar-refractivity contribution in [1.29, 1.82) is 0 Å². The molecule has 0 aromatic rings. The first-order chi connectivity index (χ1) is 6.66. The topological polar surface area (TPSA) is 32.3 Å². The minimum absolute atomic E-state index is 0.185. The van der Waals surface area contributed by atoms with Crippen molar-refractivity contribution in [3.05, 3.63) is 0 Å². The highest BCUT2D eigenvalue weighted by Gasteiger charge is 2.27. The van der Waals surface area contributed by atoms with E-state index in [9.17, 15) is 4.79 Å². The van der Waals surface area contributed by atoms with Crippen molar-refractivity contribution in [2.45, 2.75) is 38.8 Å². The smallest absolute Gasteiger partial charge is 0.224 e. The number of rotatable bonds is 2. The van der Waals surface area contributed by atoms with Gasteiger partial charge in [-0.3, -0.25) is 4.79 Å². The van der Waals surface area contributed by atoms with E-state index < -0.39 is 0 Å². The van der Waals surface area contributed by atoms with Gasteiger partial charge in [0.25, 0.3) is 0 Å². The Labute approximate surface area is 85.9 Å². The minimum Gasteiger partial charge on any atom is -0.335 e. The number of terminal acetylenes is 1. The van der Waals surface area contributed by atoms with Crippen LogP contribution in [0.1, 0.15) is 26.7 Å². The summed E-state index contributed by atoms with van der Waals surface area (Å²) < 4.78 is 0. The second-order valence-electron chi connectivity index (χ2n) is 3.86. The van der Waals surface area contributed by atoms with Crippen molar-refractivity contribution >= 4 is 5.91 Å². The lowest BCUT2D eigenvalue weighted by Gasteiger charge is -2.39. The average Bonchev–Trinajstić information content (AvgIpc) is 2.14. The standard InChI is InChI=1S/C11H18N2O/c1-4-5-6-11(14)13-9(2)7-12-8-10(13)3/h1,9-10,12H,5-8H2,2-3H3/t9-,10+. The van der Waals surface area contributed by atoms with E-state index in [1.807, 2.05) is 4.90 Å². The van der Waals surface area contributed by atoms with Crippen molar-refractivity contribution in [3.63, 3.8) is 0 Å². The Balaban J connectivity index is 2.54. The minimum atomic E-state index is 0.185. The first-order valence-electron chi connectivity index (χ1n) is 5.12. The number of nitrogens with one attached hydrogen (secondary N) is 1. The zero-order chi connectivity index (χ0) is 10.6. The summed E-state index contributed by atoms with van der Waals surface area (Å²) in [5, 5.41) is 3.29. The molecule has 1 saturated heterocycles. The van der Waals surface area contributed by atoms with Gasteiger partial charge in [0.05, 0.1) is 0 Å². The summed E-state index contributed by atoms with van der Waals surface area (Å²) in [4.78, 5) is 13.7. The molecule has 0 radical (unpaired) electrons. The Bertz CT molecular complexity index is 234. The van der Waals surface area contributed by atoms with E-state index in [2.05, 4.69) is 25.1 Å². The van der Waals surface area contributed by atoms with Crippen LogP contribution in [0.3, 0.4) is 0 Å². The molecule has 1 aliphatic rings. The number of nitrogens with zero attached hydrogens (tertiary/aromatic N) is 1. The number of amides is 1. The van der Waals surface area contributed by atoms with E-state index in [4.69, 9.17) is 6.42 Å². The molecule has 0 aliphatic carbocycles. The fraction of sp³-hybridized carbons (Fsp3) is 0.727. The first-order valence-corrected chi connectivity index (χ1v) is 5.12. The van der Waals surface area contributed by atoms with Crippen molar-refractivity contribution in [2.24, 2.45) is 0 Å². The van der Waals surface area contributed by atoms with Crippen LogP contribution >= 0.6 is 0 Å². The molecule has 0 saturated carbocycles. The monoisotopic (exact) mass is 194 g/mol. The van der Waals surface area contributed by atoms with Gasteiger partial charge in [-0.2, -0.15) is 0 Å². The second-order valence-corrected chi connectivity index (χ2v) is 3.86. The number of hydrogen-bond acceptors (Lipinski definition) is 2. The van der Waals surface area contributed by atoms with Gasteiger partial charge in [-0.15, -0.1) is 12.3 Å². The van der Waals surface area contributed by atoms with E-state index in [-0.39, 0.29) is 18.0 Å². The van der Waals surface area contributed by atoms with Crippen LogP contribution in [-0.2, 0) is 4.79 Å². The molecule has 14 heavy (non-hydrogen) atoms. The lowest BCUT2D eigenvalue weighted by atomic mass is 10.1. The van der Waals surface area contributed by atoms with Gasteiger partial charge >= 0.3 is 0 Å². The SMILES string of the molecule is C#CCCC(=O)N1[C@H](C)CNC[C@@H]1C. The highest BCUT2D eigenvalue weighted by Crippen LogP contribution is 2.11. The highest BCUT2D eigenvalue weighted by atomic mass is 16.2. The maximum Gasteiger partial charge on any atom is 0.224 e. The van der Waals surface area contributed by atoms with Crippen molar-refractivity contribution in [3.8, 4) is 12.3 Å². The van der Waals surface area contributed by atoms with E-state index in [1.165, 1.54) is 0 Å². The Morgan fingerprint density at radius 3 is 2.57 bits per heavy atom. The molecule has 3 heteroatoms. The largest absolute Gasteiger partial charge is 0.335 e. The summed E-state index contributed by atoms with van der Waals surface area (Å²) in [6, 6.07) is 0.563. The summed E-state index contributed by atoms with van der Waals surface area (Å²) in [5.74, 6) is 2.69. The predicted octanol–water partition coefficient (Wildman–Crippen LogP) is 0.609. The lowest BCUT2D eigenvalue weighted by Crippen LogP contribution is -2.57.